The van der Waals surface area contributed by atoms with Gasteiger partial charge in [0.1, 0.15) is 0 Å². The lowest BCUT2D eigenvalue weighted by atomic mass is 9.93. The number of hydrogen-bond donors (Lipinski definition) is 8. The van der Waals surface area contributed by atoms with Crippen LogP contribution in [0, 0.1) is 5.41 Å². The Morgan fingerprint density at radius 3 is 0.348 bits per heavy atom. The van der Waals surface area contributed by atoms with Crippen LogP contribution in [0.3, 0.4) is 0 Å². The summed E-state index contributed by atoms with van der Waals surface area (Å²) in [5.74, 6) is 0. The second kappa shape index (κ2) is 90.0. The average Bonchev–Trinajstić information content (AvgIpc) is 3.74. The summed E-state index contributed by atoms with van der Waals surface area (Å²) in [5, 5.41) is 34.2. The Morgan fingerprint density at radius 1 is 0.191 bits per heavy atom. The summed E-state index contributed by atoms with van der Waals surface area (Å²) in [4.78, 5) is 42.6. The molecule has 0 aliphatic heterocycles. The van der Waals surface area contributed by atoms with Gasteiger partial charge in [-0.05, 0) is 25.7 Å². The molecule has 0 radical (unpaired) electrons. The minimum absolute atomic E-state index is 0.0414. The highest BCUT2D eigenvalue weighted by atomic mass is 32.1. The summed E-state index contributed by atoms with van der Waals surface area (Å²) in [7, 11) is 0. The first-order chi connectivity index (χ1) is 43.3. The van der Waals surface area contributed by atoms with Gasteiger partial charge in [0.05, 0.1) is 31.8 Å². The molecule has 0 spiro atoms. The van der Waals surface area contributed by atoms with E-state index in [1.807, 2.05) is 0 Å². The lowest BCUT2D eigenvalue weighted by molar-refractivity contribution is -0.111. The number of carbonyl (C=O) groups is 4. The maximum absolute atomic E-state index is 10.6. The molecule has 0 unspecified atom stereocenters. The fourth-order valence-electron chi connectivity index (χ4n) is 10.9. The van der Waals surface area contributed by atoms with Crippen LogP contribution in [0.15, 0.2) is 0 Å². The number of rotatable bonds is 68. The molecule has 0 amide bonds. The molecule has 0 rings (SSSR count). The predicted molar refractivity (Wildman–Crippen MR) is 405 cm³/mol. The maximum atomic E-state index is 10.6. The zero-order valence-corrected chi connectivity index (χ0v) is 63.4. The van der Waals surface area contributed by atoms with Gasteiger partial charge in [0.15, 0.2) is 20.5 Å². The molecule has 8 nitrogen and oxygen atoms in total. The minimum Gasteiger partial charge on any atom is -0.396 e. The average molecular weight is 1340 g/mol. The zero-order chi connectivity index (χ0) is 66.9. The van der Waals surface area contributed by atoms with E-state index < -0.39 is 31.8 Å². The van der Waals surface area contributed by atoms with Crippen LogP contribution in [-0.4, -0.2) is 67.3 Å². The molecule has 0 heterocycles. The Labute approximate surface area is 577 Å². The highest BCUT2D eigenvalue weighted by Crippen LogP contribution is 2.19. The van der Waals surface area contributed by atoms with Crippen LogP contribution in [0.2, 0.25) is 0 Å². The van der Waals surface area contributed by atoms with E-state index in [0.717, 1.165) is 25.7 Å². The molecule has 0 bridgehead atoms. The van der Waals surface area contributed by atoms with Crippen LogP contribution in [0.25, 0.3) is 0 Å². The van der Waals surface area contributed by atoms with Gasteiger partial charge in [-0.3, -0.25) is 19.2 Å². The van der Waals surface area contributed by atoms with Crippen molar-refractivity contribution in [3.63, 3.8) is 0 Å². The summed E-state index contributed by atoms with van der Waals surface area (Å²) >= 11 is 15.1. The van der Waals surface area contributed by atoms with E-state index in [9.17, 15) is 19.2 Å². The van der Waals surface area contributed by atoms with Crippen LogP contribution < -0.4 is 0 Å². The minimum atomic E-state index is -1.11. The number of thiol groups is 4. The number of unbranched alkanes of at least 4 members (excludes halogenated alkanes) is 56. The molecule has 0 aliphatic carbocycles. The molecule has 0 aromatic heterocycles. The number of aliphatic hydroxyl groups is 4. The summed E-state index contributed by atoms with van der Waals surface area (Å²) in [6.07, 6.45) is 84.6. The van der Waals surface area contributed by atoms with E-state index in [2.05, 4.69) is 78.2 Å². The number of aliphatic hydroxyl groups excluding tert-OH is 4. The largest absolute Gasteiger partial charge is 0.396 e. The molecular weight excluding hydrogens is 1180 g/mol. The fourth-order valence-corrected chi connectivity index (χ4v) is 11.5. The molecule has 0 aromatic carbocycles. The standard InChI is InChI=1S/4C18H36OS.C5H12O4/c4*1-2-3-4-5-6-7-8-9-10-11-12-13-14-15-16-17-18(19)20;6-1-5(2-7,3-8)4-9/h4*2-17H2,1H3,(H,19,20);6-9H,1-4H2. The summed E-state index contributed by atoms with van der Waals surface area (Å²) in [6.45, 7) is 7.49. The lowest BCUT2D eigenvalue weighted by Gasteiger charge is -2.23. The van der Waals surface area contributed by atoms with Gasteiger partial charge in [0.25, 0.3) is 0 Å². The fraction of sp³-hybridized carbons (Fsp3) is 0.948. The second-order valence-corrected chi connectivity index (χ2v) is 28.5. The first kappa shape index (κ1) is 97.6. The Kier molecular flexibility index (Phi) is 98.7. The van der Waals surface area contributed by atoms with Crippen molar-refractivity contribution in [2.45, 2.75) is 439 Å². The predicted octanol–water partition coefficient (Wildman–Crippen LogP) is 24.8. The molecule has 0 atom stereocenters. The van der Waals surface area contributed by atoms with E-state index in [-0.39, 0.29) is 20.5 Å². The van der Waals surface area contributed by atoms with Gasteiger partial charge in [-0.15, -0.1) is 50.5 Å². The van der Waals surface area contributed by atoms with E-state index in [0.29, 0.717) is 25.7 Å². The molecule has 0 aliphatic rings. The third-order valence-corrected chi connectivity index (χ3v) is 18.2. The molecular formula is C77H156O8S4. The second-order valence-electron chi connectivity index (χ2n) is 26.5. The Morgan fingerprint density at radius 2 is 0.281 bits per heavy atom. The van der Waals surface area contributed by atoms with Crippen LogP contribution in [0.5, 0.6) is 0 Å². The molecule has 536 valence electrons. The third kappa shape index (κ3) is 102. The molecule has 0 aromatic rings. The molecule has 0 fully saturated rings. The van der Waals surface area contributed by atoms with E-state index in [1.54, 1.807) is 0 Å². The monoisotopic (exact) mass is 1340 g/mol. The molecule has 0 saturated carbocycles. The normalized spacial score (nSPS) is 11.0. The van der Waals surface area contributed by atoms with Crippen LogP contribution in [0.1, 0.15) is 439 Å². The maximum Gasteiger partial charge on any atom is 0.185 e. The van der Waals surface area contributed by atoms with Crippen LogP contribution in [0.4, 0.5) is 0 Å². The van der Waals surface area contributed by atoms with Crippen molar-refractivity contribution in [1.82, 2.24) is 0 Å². The van der Waals surface area contributed by atoms with Crippen molar-refractivity contribution < 1.29 is 39.6 Å². The van der Waals surface area contributed by atoms with Gasteiger partial charge in [-0.2, -0.15) is 0 Å². The lowest BCUT2D eigenvalue weighted by Crippen LogP contribution is -2.37. The summed E-state index contributed by atoms with van der Waals surface area (Å²) < 4.78 is 0. The Balaban J connectivity index is -0.000000336. The molecule has 89 heavy (non-hydrogen) atoms. The van der Waals surface area contributed by atoms with Gasteiger partial charge in [0.2, 0.25) is 0 Å². The Hall–Kier alpha value is -0.0800. The first-order valence-electron chi connectivity index (χ1n) is 38.6. The molecule has 0 saturated heterocycles. The zero-order valence-electron chi connectivity index (χ0n) is 59.8. The summed E-state index contributed by atoms with van der Waals surface area (Å²) in [5.41, 5.74) is -1.11. The Bertz CT molecular complexity index is 1140. The van der Waals surface area contributed by atoms with Gasteiger partial charge in [0, 0.05) is 25.7 Å². The molecule has 4 N–H and O–H groups in total. The van der Waals surface area contributed by atoms with Crippen LogP contribution >= 0.6 is 50.5 Å². The first-order valence-corrected chi connectivity index (χ1v) is 40.4. The summed E-state index contributed by atoms with van der Waals surface area (Å²) in [6, 6.07) is 0. The van der Waals surface area contributed by atoms with Crippen molar-refractivity contribution in [2.75, 3.05) is 26.4 Å². The van der Waals surface area contributed by atoms with Gasteiger partial charge in [-0.25, -0.2) is 0 Å². The SMILES string of the molecule is CCCCCCCCCCCCCCCCCC(=O)S.CCCCCCCCCCCCCCCCCC(=O)S.CCCCCCCCCCCCCCCCCC(=O)S.CCCCCCCCCCCCCCCCCC(=O)S.OCC(CO)(CO)CO. The quantitative estimate of drug-likeness (QED) is 0.0222. The van der Waals surface area contributed by atoms with Crippen molar-refractivity contribution in [1.29, 1.82) is 0 Å². The van der Waals surface area contributed by atoms with Crippen molar-refractivity contribution in [2.24, 2.45) is 5.41 Å². The van der Waals surface area contributed by atoms with Crippen molar-refractivity contribution in [3.8, 4) is 0 Å². The highest BCUT2D eigenvalue weighted by Gasteiger charge is 2.26. The van der Waals surface area contributed by atoms with E-state index >= 15 is 0 Å². The van der Waals surface area contributed by atoms with Gasteiger partial charge in [-0.1, -0.05) is 387 Å². The molecule has 12 heteroatoms. The smallest absolute Gasteiger partial charge is 0.185 e. The van der Waals surface area contributed by atoms with Crippen molar-refractivity contribution in [3.05, 3.63) is 0 Å². The van der Waals surface area contributed by atoms with E-state index in [4.69, 9.17) is 20.4 Å². The van der Waals surface area contributed by atoms with Crippen molar-refractivity contribution >= 4 is 71.0 Å². The van der Waals surface area contributed by atoms with Gasteiger partial charge >= 0.3 is 0 Å². The van der Waals surface area contributed by atoms with E-state index in [1.165, 1.54) is 360 Å². The number of hydrogen-bond acceptors (Lipinski definition) is 8. The topological polar surface area (TPSA) is 149 Å². The van der Waals surface area contributed by atoms with Gasteiger partial charge < -0.3 is 20.4 Å². The highest BCUT2D eigenvalue weighted by molar-refractivity contribution is 7.97. The number of carbonyl (C=O) groups excluding carboxylic acids is 4. The van der Waals surface area contributed by atoms with Crippen LogP contribution in [-0.2, 0) is 19.2 Å². The third-order valence-electron chi connectivity index (χ3n) is 17.3.